The molecule has 1 aliphatic rings. The molecule has 8 heteroatoms. The van der Waals surface area contributed by atoms with Gasteiger partial charge in [0, 0.05) is 12.1 Å². The van der Waals surface area contributed by atoms with Crippen LogP contribution in [-0.2, 0) is 4.74 Å². The van der Waals surface area contributed by atoms with Gasteiger partial charge in [0.1, 0.15) is 0 Å². The van der Waals surface area contributed by atoms with Crippen molar-refractivity contribution in [3.63, 3.8) is 0 Å². The highest BCUT2D eigenvalue weighted by Gasteiger charge is 2.63. The van der Waals surface area contributed by atoms with Gasteiger partial charge >= 0.3 is 12.3 Å². The molecule has 0 aromatic carbocycles. The molecular weight excluding hydrogens is 253 g/mol. The average molecular weight is 268 g/mol. The molecule has 0 saturated carbocycles. The first-order valence-electron chi connectivity index (χ1n) is 5.58. The van der Waals surface area contributed by atoms with E-state index in [1.54, 1.807) is 6.92 Å². The Balaban J connectivity index is 3.01. The maximum Gasteiger partial charge on any atom is 0.439 e. The highest BCUT2D eigenvalue weighted by Crippen LogP contribution is 2.41. The van der Waals surface area contributed by atoms with Crippen LogP contribution < -0.4 is 0 Å². The SMILES string of the molecule is CCCC1=NN(C(=O)OCC)[C@@](O)(C(F)(F)F)C1. The van der Waals surface area contributed by atoms with E-state index < -0.39 is 24.4 Å². The molecule has 5 nitrogen and oxygen atoms in total. The van der Waals surface area contributed by atoms with Crippen LogP contribution >= 0.6 is 0 Å². The molecule has 0 spiro atoms. The molecule has 1 atom stereocenters. The smallest absolute Gasteiger partial charge is 0.439 e. The minimum atomic E-state index is -4.99. The van der Waals surface area contributed by atoms with Gasteiger partial charge in [-0.3, -0.25) is 0 Å². The lowest BCUT2D eigenvalue weighted by Gasteiger charge is -2.31. The van der Waals surface area contributed by atoms with E-state index in [0.29, 0.717) is 6.42 Å². The molecular formula is C10H15F3N2O3. The quantitative estimate of drug-likeness (QED) is 0.854. The fraction of sp³-hybridized carbons (Fsp3) is 0.800. The number of ether oxygens (including phenoxy) is 1. The van der Waals surface area contributed by atoms with E-state index >= 15 is 0 Å². The van der Waals surface area contributed by atoms with E-state index in [1.807, 2.05) is 0 Å². The molecule has 0 saturated heterocycles. The van der Waals surface area contributed by atoms with Crippen molar-refractivity contribution >= 4 is 11.8 Å². The number of hydrogen-bond acceptors (Lipinski definition) is 4. The number of hydrazone groups is 1. The predicted octanol–water partition coefficient (Wildman–Crippen LogP) is 2.26. The lowest BCUT2D eigenvalue weighted by molar-refractivity contribution is -0.299. The molecule has 0 radical (unpaired) electrons. The van der Waals surface area contributed by atoms with Crippen molar-refractivity contribution in [2.24, 2.45) is 5.10 Å². The van der Waals surface area contributed by atoms with Crippen LogP contribution in [0.1, 0.15) is 33.1 Å². The number of rotatable bonds is 3. The first kappa shape index (κ1) is 14.7. The zero-order chi connectivity index (χ0) is 14.0. The third-order valence-electron chi connectivity index (χ3n) is 2.48. The van der Waals surface area contributed by atoms with Crippen molar-refractivity contribution in [2.75, 3.05) is 6.61 Å². The van der Waals surface area contributed by atoms with Crippen LogP contribution in [0.4, 0.5) is 18.0 Å². The van der Waals surface area contributed by atoms with Gasteiger partial charge in [0.25, 0.3) is 5.72 Å². The minimum Gasteiger partial charge on any atom is -0.448 e. The van der Waals surface area contributed by atoms with E-state index in [0.717, 1.165) is 0 Å². The Kier molecular flexibility index (Phi) is 4.20. The van der Waals surface area contributed by atoms with E-state index in [2.05, 4.69) is 9.84 Å². The van der Waals surface area contributed by atoms with Crippen molar-refractivity contribution in [1.82, 2.24) is 5.01 Å². The Bertz CT molecular complexity index is 357. The zero-order valence-corrected chi connectivity index (χ0v) is 10.1. The fourth-order valence-electron chi connectivity index (χ4n) is 1.64. The van der Waals surface area contributed by atoms with Gasteiger partial charge in [0.2, 0.25) is 0 Å². The summed E-state index contributed by atoms with van der Waals surface area (Å²) in [5.41, 5.74) is -3.17. The number of carbonyl (C=O) groups is 1. The van der Waals surface area contributed by atoms with Crippen LogP contribution in [0, 0.1) is 0 Å². The van der Waals surface area contributed by atoms with E-state index in [9.17, 15) is 23.1 Å². The Morgan fingerprint density at radius 2 is 2.17 bits per heavy atom. The largest absolute Gasteiger partial charge is 0.448 e. The van der Waals surface area contributed by atoms with E-state index in [-0.39, 0.29) is 23.7 Å². The van der Waals surface area contributed by atoms with Crippen LogP contribution in [0.15, 0.2) is 5.10 Å². The Morgan fingerprint density at radius 1 is 1.56 bits per heavy atom. The fourth-order valence-corrected chi connectivity index (χ4v) is 1.64. The molecule has 1 heterocycles. The number of amides is 1. The van der Waals surface area contributed by atoms with Crippen LogP contribution in [0.2, 0.25) is 0 Å². The molecule has 0 bridgehead atoms. The maximum absolute atomic E-state index is 12.8. The second kappa shape index (κ2) is 5.13. The third kappa shape index (κ3) is 2.58. The van der Waals surface area contributed by atoms with Crippen LogP contribution in [0.5, 0.6) is 0 Å². The van der Waals surface area contributed by atoms with Gasteiger partial charge in [0.05, 0.1) is 6.61 Å². The Hall–Kier alpha value is -1.31. The number of alkyl halides is 3. The van der Waals surface area contributed by atoms with Gasteiger partial charge < -0.3 is 9.84 Å². The second-order valence-electron chi connectivity index (χ2n) is 3.92. The molecule has 1 N–H and O–H groups in total. The lowest BCUT2D eigenvalue weighted by Crippen LogP contribution is -2.56. The number of carbonyl (C=O) groups excluding carboxylic acids is 1. The van der Waals surface area contributed by atoms with Crippen LogP contribution in [-0.4, -0.2) is 40.4 Å². The molecule has 0 aliphatic carbocycles. The molecule has 18 heavy (non-hydrogen) atoms. The first-order valence-corrected chi connectivity index (χ1v) is 5.58. The lowest BCUT2D eigenvalue weighted by atomic mass is 10.0. The Labute approximate surface area is 102 Å². The number of hydrogen-bond donors (Lipinski definition) is 1. The molecule has 0 unspecified atom stereocenters. The number of halogens is 3. The van der Waals surface area contributed by atoms with Gasteiger partial charge in [-0.1, -0.05) is 13.3 Å². The molecule has 104 valence electrons. The van der Waals surface area contributed by atoms with Crippen molar-refractivity contribution in [2.45, 2.75) is 45.0 Å². The van der Waals surface area contributed by atoms with E-state index in [4.69, 9.17) is 0 Å². The molecule has 1 aliphatic heterocycles. The van der Waals surface area contributed by atoms with Gasteiger partial charge in [0.15, 0.2) is 0 Å². The minimum absolute atomic E-state index is 0.0124. The molecule has 0 aromatic heterocycles. The zero-order valence-electron chi connectivity index (χ0n) is 10.1. The first-order chi connectivity index (χ1) is 8.26. The molecule has 1 amide bonds. The monoisotopic (exact) mass is 268 g/mol. The normalized spacial score (nSPS) is 24.1. The summed E-state index contributed by atoms with van der Waals surface area (Å²) in [6.07, 6.45) is -6.16. The Morgan fingerprint density at radius 3 is 2.61 bits per heavy atom. The molecule has 0 fully saturated rings. The van der Waals surface area contributed by atoms with Gasteiger partial charge in [-0.15, -0.1) is 0 Å². The summed E-state index contributed by atoms with van der Waals surface area (Å²) in [7, 11) is 0. The number of nitrogens with zero attached hydrogens (tertiary/aromatic N) is 2. The molecule has 0 aromatic rings. The van der Waals surface area contributed by atoms with Gasteiger partial charge in [-0.05, 0) is 13.3 Å². The third-order valence-corrected chi connectivity index (χ3v) is 2.48. The summed E-state index contributed by atoms with van der Waals surface area (Å²) in [5, 5.41) is 13.2. The van der Waals surface area contributed by atoms with Crippen LogP contribution in [0.3, 0.4) is 0 Å². The van der Waals surface area contributed by atoms with Crippen molar-refractivity contribution in [3.05, 3.63) is 0 Å². The highest BCUT2D eigenvalue weighted by molar-refractivity contribution is 5.89. The van der Waals surface area contributed by atoms with Gasteiger partial charge in [-0.25, -0.2) is 4.79 Å². The van der Waals surface area contributed by atoms with Crippen LogP contribution in [0.25, 0.3) is 0 Å². The number of aliphatic hydroxyl groups is 1. The highest BCUT2D eigenvalue weighted by atomic mass is 19.4. The second-order valence-corrected chi connectivity index (χ2v) is 3.92. The summed E-state index contributed by atoms with van der Waals surface area (Å²) in [5.74, 6) is 0. The van der Waals surface area contributed by atoms with E-state index in [1.165, 1.54) is 6.92 Å². The van der Waals surface area contributed by atoms with Gasteiger partial charge in [-0.2, -0.15) is 23.3 Å². The molecule has 1 rings (SSSR count). The standard InChI is InChI=1S/C10H15F3N2O3/c1-3-5-7-6-9(17,10(11,12)13)15(14-7)8(16)18-4-2/h17H,3-6H2,1-2H3/t9-/m0/s1. The topological polar surface area (TPSA) is 62.1 Å². The van der Waals surface area contributed by atoms with Crippen molar-refractivity contribution < 1.29 is 27.8 Å². The summed E-state index contributed by atoms with van der Waals surface area (Å²) in [6.45, 7) is 3.13. The summed E-state index contributed by atoms with van der Waals surface area (Å²) in [4.78, 5) is 11.4. The average Bonchev–Trinajstić information content (AvgIpc) is 2.57. The predicted molar refractivity (Wildman–Crippen MR) is 56.8 cm³/mol. The summed E-state index contributed by atoms with van der Waals surface area (Å²) >= 11 is 0. The maximum atomic E-state index is 12.8. The summed E-state index contributed by atoms with van der Waals surface area (Å²) in [6, 6.07) is 0. The van der Waals surface area contributed by atoms with Crippen molar-refractivity contribution in [1.29, 1.82) is 0 Å². The summed E-state index contributed by atoms with van der Waals surface area (Å²) < 4.78 is 43.0. The van der Waals surface area contributed by atoms with Crippen molar-refractivity contribution in [3.8, 4) is 0 Å².